The first-order valence-electron chi connectivity index (χ1n) is 10.8. The molecule has 1 aliphatic heterocycles. The molecule has 3 aromatic rings. The summed E-state index contributed by atoms with van der Waals surface area (Å²) < 4.78 is 1.99. The number of nitrogens with two attached hydrogens (primary N) is 1. The summed E-state index contributed by atoms with van der Waals surface area (Å²) in [5.74, 6) is 1.52. The molecular formula is C21H25N9O2. The predicted octanol–water partition coefficient (Wildman–Crippen LogP) is 0.888. The van der Waals surface area contributed by atoms with Crippen molar-refractivity contribution in [3.63, 3.8) is 0 Å². The van der Waals surface area contributed by atoms with Gasteiger partial charge in [0, 0.05) is 37.4 Å². The van der Waals surface area contributed by atoms with Gasteiger partial charge < -0.3 is 20.5 Å². The fourth-order valence-electron chi connectivity index (χ4n) is 4.28. The normalized spacial score (nSPS) is 20.6. The van der Waals surface area contributed by atoms with Crippen molar-refractivity contribution in [3.05, 3.63) is 24.5 Å². The number of carbonyl (C=O) groups is 2. The average Bonchev–Trinajstić information content (AvgIpc) is 3.43. The number of carbonyl (C=O) groups excluding carboxylic acids is 2. The van der Waals surface area contributed by atoms with Gasteiger partial charge in [0.15, 0.2) is 17.0 Å². The number of nitrogens with zero attached hydrogens (tertiary/aromatic N) is 7. The van der Waals surface area contributed by atoms with Crippen molar-refractivity contribution in [2.24, 2.45) is 11.7 Å². The van der Waals surface area contributed by atoms with Gasteiger partial charge in [-0.25, -0.2) is 24.9 Å². The number of nitrogens with one attached hydrogen (secondary N) is 1. The number of fused-ring (bicyclic) bond motifs is 1. The van der Waals surface area contributed by atoms with Gasteiger partial charge in [-0.1, -0.05) is 0 Å². The third-order valence-electron chi connectivity index (χ3n) is 6.07. The van der Waals surface area contributed by atoms with E-state index in [0.29, 0.717) is 48.1 Å². The maximum Gasteiger partial charge on any atom is 0.240 e. The predicted molar refractivity (Wildman–Crippen MR) is 116 cm³/mol. The van der Waals surface area contributed by atoms with Crippen LogP contribution in [-0.4, -0.2) is 64.8 Å². The lowest BCUT2D eigenvalue weighted by Gasteiger charge is -2.21. The SMILES string of the molecule is CCn1c(-c2cnc(C)nc2)nc2c(NC3CC(C(N)=O)N(C(=O)C4CC4)C3)ncnc21. The molecule has 11 heteroatoms. The van der Waals surface area contributed by atoms with Crippen LogP contribution in [0.4, 0.5) is 5.82 Å². The summed E-state index contributed by atoms with van der Waals surface area (Å²) in [6.07, 6.45) is 7.17. The molecule has 0 aromatic carbocycles. The van der Waals surface area contributed by atoms with E-state index in [4.69, 9.17) is 10.7 Å². The summed E-state index contributed by atoms with van der Waals surface area (Å²) >= 11 is 0. The molecule has 1 saturated carbocycles. The van der Waals surface area contributed by atoms with E-state index in [1.54, 1.807) is 17.3 Å². The van der Waals surface area contributed by atoms with Gasteiger partial charge in [0.25, 0.3) is 0 Å². The zero-order valence-electron chi connectivity index (χ0n) is 18.0. The standard InChI is InChI=1S/C21H25N9O2/c1-3-29-19(13-7-23-11(2)24-8-13)28-16-18(25-10-26-20(16)29)27-14-6-15(17(22)31)30(9-14)21(32)12-4-5-12/h7-8,10,12,14-15H,3-6,9H2,1-2H3,(H2,22,31)(H,25,26,27). The number of hydrogen-bond acceptors (Lipinski definition) is 8. The molecule has 0 bridgehead atoms. The minimum atomic E-state index is -0.605. The van der Waals surface area contributed by atoms with E-state index in [0.717, 1.165) is 18.4 Å². The number of hydrogen-bond donors (Lipinski definition) is 2. The monoisotopic (exact) mass is 435 g/mol. The second-order valence-corrected chi connectivity index (χ2v) is 8.35. The molecule has 1 aliphatic carbocycles. The summed E-state index contributed by atoms with van der Waals surface area (Å²) in [6, 6.07) is -0.766. The molecule has 0 spiro atoms. The largest absolute Gasteiger partial charge is 0.368 e. The van der Waals surface area contributed by atoms with E-state index in [9.17, 15) is 9.59 Å². The van der Waals surface area contributed by atoms with Gasteiger partial charge in [-0.05, 0) is 33.1 Å². The molecule has 2 atom stereocenters. The number of aryl methyl sites for hydroxylation is 2. The highest BCUT2D eigenvalue weighted by Crippen LogP contribution is 2.34. The molecule has 5 rings (SSSR count). The lowest BCUT2D eigenvalue weighted by molar-refractivity contribution is -0.138. The van der Waals surface area contributed by atoms with E-state index in [-0.39, 0.29) is 17.9 Å². The van der Waals surface area contributed by atoms with Crippen LogP contribution >= 0.6 is 0 Å². The van der Waals surface area contributed by atoms with Gasteiger partial charge in [-0.3, -0.25) is 9.59 Å². The molecule has 2 unspecified atom stereocenters. The number of primary amides is 1. The van der Waals surface area contributed by atoms with Crippen LogP contribution in [0.1, 0.15) is 32.0 Å². The lowest BCUT2D eigenvalue weighted by atomic mass is 10.1. The van der Waals surface area contributed by atoms with Crippen LogP contribution in [-0.2, 0) is 16.1 Å². The highest BCUT2D eigenvalue weighted by Gasteiger charge is 2.43. The van der Waals surface area contributed by atoms with Gasteiger partial charge >= 0.3 is 0 Å². The molecule has 4 heterocycles. The molecule has 3 aromatic heterocycles. The Kier molecular flexibility index (Phi) is 4.95. The molecule has 2 amide bonds. The molecule has 3 N–H and O–H groups in total. The Morgan fingerprint density at radius 1 is 1.19 bits per heavy atom. The summed E-state index contributed by atoms with van der Waals surface area (Å²) in [5, 5.41) is 3.38. The lowest BCUT2D eigenvalue weighted by Crippen LogP contribution is -2.44. The van der Waals surface area contributed by atoms with E-state index in [2.05, 4.69) is 25.3 Å². The number of imidazole rings is 1. The third-order valence-corrected chi connectivity index (χ3v) is 6.07. The maximum atomic E-state index is 12.6. The summed E-state index contributed by atoms with van der Waals surface area (Å²) in [4.78, 5) is 48.4. The average molecular weight is 435 g/mol. The summed E-state index contributed by atoms with van der Waals surface area (Å²) in [7, 11) is 0. The molecule has 2 fully saturated rings. The molecular weight excluding hydrogens is 410 g/mol. The smallest absolute Gasteiger partial charge is 0.240 e. The Hall–Kier alpha value is -3.63. The van der Waals surface area contributed by atoms with Crippen LogP contribution < -0.4 is 11.1 Å². The summed E-state index contributed by atoms with van der Waals surface area (Å²) in [6.45, 7) is 4.91. The number of anilines is 1. The van der Waals surface area contributed by atoms with Crippen LogP contribution in [0.2, 0.25) is 0 Å². The number of likely N-dealkylation sites (tertiary alicyclic amines) is 1. The topological polar surface area (TPSA) is 145 Å². The van der Waals surface area contributed by atoms with Gasteiger partial charge in [0.05, 0.1) is 5.56 Å². The van der Waals surface area contributed by atoms with E-state index < -0.39 is 11.9 Å². The van der Waals surface area contributed by atoms with Crippen molar-refractivity contribution in [1.29, 1.82) is 0 Å². The second kappa shape index (κ2) is 7.81. The van der Waals surface area contributed by atoms with Crippen molar-refractivity contribution in [3.8, 4) is 11.4 Å². The van der Waals surface area contributed by atoms with Gasteiger partial charge in [0.2, 0.25) is 11.8 Å². The van der Waals surface area contributed by atoms with Crippen LogP contribution in [0.25, 0.3) is 22.6 Å². The minimum absolute atomic E-state index is 0.0165. The second-order valence-electron chi connectivity index (χ2n) is 8.35. The highest BCUT2D eigenvalue weighted by molar-refractivity contribution is 5.90. The molecule has 2 aliphatic rings. The van der Waals surface area contributed by atoms with Crippen molar-refractivity contribution in [2.75, 3.05) is 11.9 Å². The number of aromatic nitrogens is 6. The fourth-order valence-corrected chi connectivity index (χ4v) is 4.28. The molecule has 166 valence electrons. The maximum absolute atomic E-state index is 12.6. The molecule has 11 nitrogen and oxygen atoms in total. The number of amides is 2. The first-order chi connectivity index (χ1) is 15.5. The first-order valence-corrected chi connectivity index (χ1v) is 10.8. The van der Waals surface area contributed by atoms with Gasteiger partial charge in [-0.2, -0.15) is 0 Å². The minimum Gasteiger partial charge on any atom is -0.368 e. The number of rotatable bonds is 6. The van der Waals surface area contributed by atoms with Crippen molar-refractivity contribution in [1.82, 2.24) is 34.4 Å². The fraction of sp³-hybridized carbons (Fsp3) is 0.476. The third kappa shape index (κ3) is 3.53. The Morgan fingerprint density at radius 2 is 1.94 bits per heavy atom. The van der Waals surface area contributed by atoms with E-state index >= 15 is 0 Å². The Balaban J connectivity index is 1.46. The molecule has 1 saturated heterocycles. The molecule has 32 heavy (non-hydrogen) atoms. The van der Waals surface area contributed by atoms with Crippen molar-refractivity contribution < 1.29 is 9.59 Å². The molecule has 0 radical (unpaired) electrons. The van der Waals surface area contributed by atoms with E-state index in [1.807, 2.05) is 18.4 Å². The van der Waals surface area contributed by atoms with Crippen LogP contribution in [0, 0.1) is 12.8 Å². The van der Waals surface area contributed by atoms with Gasteiger partial charge in [-0.15, -0.1) is 0 Å². The van der Waals surface area contributed by atoms with E-state index in [1.165, 1.54) is 6.33 Å². The van der Waals surface area contributed by atoms with Crippen molar-refractivity contribution >= 4 is 28.8 Å². The zero-order valence-corrected chi connectivity index (χ0v) is 18.0. The highest BCUT2D eigenvalue weighted by atomic mass is 16.2. The quantitative estimate of drug-likeness (QED) is 0.581. The Bertz CT molecular complexity index is 1190. The Morgan fingerprint density at radius 3 is 2.59 bits per heavy atom. The first kappa shape index (κ1) is 20.3. The van der Waals surface area contributed by atoms with Crippen LogP contribution in [0.3, 0.4) is 0 Å². The van der Waals surface area contributed by atoms with Crippen LogP contribution in [0.5, 0.6) is 0 Å². The Labute approximate surface area is 184 Å². The summed E-state index contributed by atoms with van der Waals surface area (Å²) in [5.41, 5.74) is 7.69. The van der Waals surface area contributed by atoms with Crippen molar-refractivity contribution in [2.45, 2.75) is 51.7 Å². The van der Waals surface area contributed by atoms with Gasteiger partial charge in [0.1, 0.15) is 24.0 Å². The van der Waals surface area contributed by atoms with Crippen LogP contribution in [0.15, 0.2) is 18.7 Å². The zero-order chi connectivity index (χ0) is 22.4.